The van der Waals surface area contributed by atoms with Crippen LogP contribution in [-0.2, 0) is 4.79 Å². The molecule has 0 aliphatic carbocycles. The van der Waals surface area contributed by atoms with Gasteiger partial charge in [-0.2, -0.15) is 5.26 Å². The number of carbonyl (C=O) groups is 1. The summed E-state index contributed by atoms with van der Waals surface area (Å²) >= 11 is 5.93. The summed E-state index contributed by atoms with van der Waals surface area (Å²) in [6.45, 7) is 1.60. The van der Waals surface area contributed by atoms with Crippen LogP contribution in [0.5, 0.6) is 0 Å². The molecule has 1 amide bonds. The summed E-state index contributed by atoms with van der Waals surface area (Å²) < 4.78 is 0. The van der Waals surface area contributed by atoms with E-state index in [1.165, 1.54) is 18.3 Å². The molecule has 23 heavy (non-hydrogen) atoms. The molecule has 1 N–H and O–H groups in total. The highest BCUT2D eigenvalue weighted by molar-refractivity contribution is 6.34. The Morgan fingerprint density at radius 1 is 1.39 bits per heavy atom. The van der Waals surface area contributed by atoms with Crippen LogP contribution < -0.4 is 5.32 Å². The first-order valence-corrected chi connectivity index (χ1v) is 7.50. The third-order valence-corrected chi connectivity index (χ3v) is 3.81. The number of anilines is 1. The highest BCUT2D eigenvalue weighted by Gasteiger charge is 2.16. The lowest BCUT2D eigenvalue weighted by Gasteiger charge is -2.25. The van der Waals surface area contributed by atoms with Gasteiger partial charge in [0.2, 0.25) is 0 Å². The van der Waals surface area contributed by atoms with Gasteiger partial charge in [0.1, 0.15) is 11.6 Å². The van der Waals surface area contributed by atoms with Gasteiger partial charge in [0.05, 0.1) is 15.6 Å². The zero-order valence-corrected chi connectivity index (χ0v) is 13.0. The van der Waals surface area contributed by atoms with Crippen LogP contribution in [0.25, 0.3) is 0 Å². The molecule has 1 aromatic rings. The van der Waals surface area contributed by atoms with Gasteiger partial charge in [0, 0.05) is 31.4 Å². The Morgan fingerprint density at radius 2 is 2.09 bits per heavy atom. The van der Waals surface area contributed by atoms with Crippen LogP contribution in [0.4, 0.5) is 11.4 Å². The molecule has 7 nitrogen and oxygen atoms in total. The Labute approximate surface area is 138 Å². The molecular formula is C15H15ClN4O3. The summed E-state index contributed by atoms with van der Waals surface area (Å²) in [5.74, 6) is -0.638. The molecule has 1 saturated heterocycles. The number of hydrogen-bond acceptors (Lipinski definition) is 5. The SMILES string of the molecule is N#C/C(=C/N1CCCCC1)C(=O)Nc1cc([N+](=O)[O-])ccc1Cl. The number of piperidine rings is 1. The third-order valence-electron chi connectivity index (χ3n) is 3.48. The number of rotatable bonds is 4. The van der Waals surface area contributed by atoms with E-state index in [1.807, 2.05) is 11.0 Å². The molecule has 1 aliphatic heterocycles. The lowest BCUT2D eigenvalue weighted by molar-refractivity contribution is -0.384. The first kappa shape index (κ1) is 16.8. The fraction of sp³-hybridized carbons (Fsp3) is 0.333. The molecule has 0 spiro atoms. The van der Waals surface area contributed by atoms with E-state index in [-0.39, 0.29) is 22.0 Å². The second-order valence-electron chi connectivity index (χ2n) is 5.13. The molecule has 1 aliphatic rings. The van der Waals surface area contributed by atoms with Crippen molar-refractivity contribution < 1.29 is 9.72 Å². The second-order valence-corrected chi connectivity index (χ2v) is 5.53. The van der Waals surface area contributed by atoms with E-state index in [4.69, 9.17) is 11.6 Å². The summed E-state index contributed by atoms with van der Waals surface area (Å²) in [5, 5.41) is 22.6. The van der Waals surface area contributed by atoms with Gasteiger partial charge in [-0.05, 0) is 25.3 Å². The number of benzene rings is 1. The Morgan fingerprint density at radius 3 is 2.70 bits per heavy atom. The quantitative estimate of drug-likeness (QED) is 0.395. The molecule has 1 aromatic carbocycles. The van der Waals surface area contributed by atoms with Gasteiger partial charge < -0.3 is 10.2 Å². The van der Waals surface area contributed by atoms with E-state index in [0.717, 1.165) is 38.4 Å². The maximum Gasteiger partial charge on any atom is 0.271 e. The number of non-ortho nitro benzene ring substituents is 1. The monoisotopic (exact) mass is 334 g/mol. The highest BCUT2D eigenvalue weighted by atomic mass is 35.5. The largest absolute Gasteiger partial charge is 0.376 e. The molecule has 0 unspecified atom stereocenters. The van der Waals surface area contributed by atoms with E-state index >= 15 is 0 Å². The molecular weight excluding hydrogens is 320 g/mol. The lowest BCUT2D eigenvalue weighted by Crippen LogP contribution is -2.26. The summed E-state index contributed by atoms with van der Waals surface area (Å²) in [4.78, 5) is 24.3. The number of nitrogens with one attached hydrogen (secondary N) is 1. The van der Waals surface area contributed by atoms with Gasteiger partial charge in [0.25, 0.3) is 11.6 Å². The minimum Gasteiger partial charge on any atom is -0.376 e. The molecule has 1 fully saturated rings. The highest BCUT2D eigenvalue weighted by Crippen LogP contribution is 2.27. The van der Waals surface area contributed by atoms with E-state index in [9.17, 15) is 20.2 Å². The standard InChI is InChI=1S/C15H15ClN4O3/c16-13-5-4-12(20(22)23)8-14(13)18-15(21)11(9-17)10-19-6-2-1-3-7-19/h4-5,8,10H,1-3,6-7H2,(H,18,21)/b11-10-. The number of nitriles is 1. The van der Waals surface area contributed by atoms with E-state index in [0.29, 0.717) is 0 Å². The van der Waals surface area contributed by atoms with Gasteiger partial charge in [-0.3, -0.25) is 14.9 Å². The number of nitro benzene ring substituents is 1. The minimum absolute atomic E-state index is 0.0607. The molecule has 120 valence electrons. The number of nitrogens with zero attached hydrogens (tertiary/aromatic N) is 3. The average Bonchev–Trinajstić information content (AvgIpc) is 2.55. The van der Waals surface area contributed by atoms with E-state index in [2.05, 4.69) is 5.32 Å². The number of hydrogen-bond donors (Lipinski definition) is 1. The Kier molecular flexibility index (Phi) is 5.55. The van der Waals surface area contributed by atoms with Crippen LogP contribution in [0.1, 0.15) is 19.3 Å². The summed E-state index contributed by atoms with van der Waals surface area (Å²) in [6.07, 6.45) is 4.71. The van der Waals surface area contributed by atoms with Crippen molar-refractivity contribution in [2.75, 3.05) is 18.4 Å². The van der Waals surface area contributed by atoms with Crippen LogP contribution >= 0.6 is 11.6 Å². The molecule has 0 aromatic heterocycles. The predicted molar refractivity (Wildman–Crippen MR) is 85.9 cm³/mol. The molecule has 2 rings (SSSR count). The maximum atomic E-state index is 12.2. The summed E-state index contributed by atoms with van der Waals surface area (Å²) in [6, 6.07) is 5.59. The van der Waals surface area contributed by atoms with Gasteiger partial charge in [-0.15, -0.1) is 0 Å². The summed E-state index contributed by atoms with van der Waals surface area (Å²) in [5.41, 5.74) is -0.150. The van der Waals surface area contributed by atoms with Crippen LogP contribution in [-0.4, -0.2) is 28.8 Å². The fourth-order valence-corrected chi connectivity index (χ4v) is 2.45. The maximum absolute atomic E-state index is 12.2. The zero-order chi connectivity index (χ0) is 16.8. The smallest absolute Gasteiger partial charge is 0.271 e. The molecule has 0 saturated carbocycles. The van der Waals surface area contributed by atoms with Crippen LogP contribution in [0.3, 0.4) is 0 Å². The van der Waals surface area contributed by atoms with Crippen molar-refractivity contribution in [3.8, 4) is 6.07 Å². The van der Waals surface area contributed by atoms with Gasteiger partial charge in [-0.25, -0.2) is 0 Å². The number of likely N-dealkylation sites (tertiary alicyclic amines) is 1. The van der Waals surface area contributed by atoms with Gasteiger partial charge in [-0.1, -0.05) is 11.6 Å². The number of nitro groups is 1. The number of amides is 1. The zero-order valence-electron chi connectivity index (χ0n) is 12.3. The average molecular weight is 335 g/mol. The molecule has 0 bridgehead atoms. The fourth-order valence-electron chi connectivity index (χ4n) is 2.28. The van der Waals surface area contributed by atoms with Crippen molar-refractivity contribution in [3.05, 3.63) is 45.1 Å². The second kappa shape index (κ2) is 7.61. The Bertz CT molecular complexity index is 690. The van der Waals surface area contributed by atoms with Gasteiger partial charge in [0.15, 0.2) is 0 Å². The number of carbonyl (C=O) groups excluding carboxylic acids is 1. The summed E-state index contributed by atoms with van der Waals surface area (Å²) in [7, 11) is 0. The van der Waals surface area contributed by atoms with Crippen molar-refractivity contribution in [1.82, 2.24) is 4.90 Å². The predicted octanol–water partition coefficient (Wildman–Crippen LogP) is 3.08. The first-order chi connectivity index (χ1) is 11.0. The minimum atomic E-state index is -0.638. The van der Waals surface area contributed by atoms with Gasteiger partial charge >= 0.3 is 0 Å². The molecule has 8 heteroatoms. The van der Waals surface area contributed by atoms with Crippen molar-refractivity contribution in [3.63, 3.8) is 0 Å². The Hall–Kier alpha value is -2.59. The molecule has 0 atom stereocenters. The van der Waals surface area contributed by atoms with E-state index in [1.54, 1.807) is 0 Å². The normalized spacial score (nSPS) is 15.0. The first-order valence-electron chi connectivity index (χ1n) is 7.12. The van der Waals surface area contributed by atoms with Crippen molar-refractivity contribution >= 4 is 28.9 Å². The molecule has 0 radical (unpaired) electrons. The van der Waals surface area contributed by atoms with Crippen LogP contribution in [0.2, 0.25) is 5.02 Å². The van der Waals surface area contributed by atoms with Crippen molar-refractivity contribution in [1.29, 1.82) is 5.26 Å². The Balaban J connectivity index is 2.16. The van der Waals surface area contributed by atoms with Crippen LogP contribution in [0.15, 0.2) is 30.0 Å². The van der Waals surface area contributed by atoms with Crippen LogP contribution in [0, 0.1) is 21.4 Å². The van der Waals surface area contributed by atoms with Crippen molar-refractivity contribution in [2.24, 2.45) is 0 Å². The lowest BCUT2D eigenvalue weighted by atomic mass is 10.1. The van der Waals surface area contributed by atoms with E-state index < -0.39 is 10.8 Å². The molecule has 1 heterocycles. The topological polar surface area (TPSA) is 99.3 Å². The third kappa shape index (κ3) is 4.44. The van der Waals surface area contributed by atoms with Crippen molar-refractivity contribution in [2.45, 2.75) is 19.3 Å². The number of halogens is 1.